The van der Waals surface area contributed by atoms with Gasteiger partial charge in [0.2, 0.25) is 11.8 Å². The smallest absolute Gasteiger partial charge is 0.227 e. The van der Waals surface area contributed by atoms with Crippen molar-refractivity contribution >= 4 is 17.5 Å². The molecule has 3 rings (SSSR count). The van der Waals surface area contributed by atoms with Crippen molar-refractivity contribution in [2.45, 2.75) is 13.0 Å². The minimum absolute atomic E-state index is 0.0574. The third-order valence-electron chi connectivity index (χ3n) is 4.35. The molecule has 0 aliphatic carbocycles. The summed E-state index contributed by atoms with van der Waals surface area (Å²) in [6.45, 7) is 0.196. The molecule has 0 spiro atoms. The minimum atomic E-state index is -0.715. The zero-order valence-electron chi connectivity index (χ0n) is 14.2. The quantitative estimate of drug-likeness (QED) is 0.892. The average molecular weight is 360 g/mol. The number of nitrogens with zero attached hydrogens (tertiary/aromatic N) is 1. The highest BCUT2D eigenvalue weighted by atomic mass is 19.1. The Kier molecular flexibility index (Phi) is 5.16. The van der Waals surface area contributed by atoms with Gasteiger partial charge in [0.25, 0.3) is 0 Å². The van der Waals surface area contributed by atoms with Crippen molar-refractivity contribution in [1.82, 2.24) is 5.32 Å². The molecule has 5 nitrogen and oxygen atoms in total. The van der Waals surface area contributed by atoms with Gasteiger partial charge in [0.15, 0.2) is 0 Å². The molecular formula is C19H18F2N2O3. The molecule has 1 heterocycles. The summed E-state index contributed by atoms with van der Waals surface area (Å²) in [5.74, 6) is -1.72. The number of amides is 2. The van der Waals surface area contributed by atoms with Gasteiger partial charge < -0.3 is 15.0 Å². The van der Waals surface area contributed by atoms with Crippen molar-refractivity contribution in [3.63, 3.8) is 0 Å². The summed E-state index contributed by atoms with van der Waals surface area (Å²) in [5, 5.41) is 2.61. The standard InChI is InChI=1S/C19H18F2N2O3/c1-26-16-6-4-15(5-7-16)23-11-13(8-18(23)24)19(25)22-10-12-2-3-14(20)9-17(12)21/h2-7,9,13H,8,10-11H2,1H3,(H,22,25)/t13-/m1/s1. The Morgan fingerprint density at radius 2 is 1.96 bits per heavy atom. The molecule has 0 aromatic heterocycles. The van der Waals surface area contributed by atoms with Crippen LogP contribution in [-0.2, 0) is 16.1 Å². The van der Waals surface area contributed by atoms with Gasteiger partial charge in [-0.25, -0.2) is 8.78 Å². The van der Waals surface area contributed by atoms with Gasteiger partial charge >= 0.3 is 0 Å². The van der Waals surface area contributed by atoms with Gasteiger partial charge in [-0.3, -0.25) is 9.59 Å². The van der Waals surface area contributed by atoms with Crippen molar-refractivity contribution in [3.05, 3.63) is 59.7 Å². The summed E-state index contributed by atoms with van der Waals surface area (Å²) in [5.41, 5.74) is 0.881. The number of carbonyl (C=O) groups is 2. The van der Waals surface area contributed by atoms with Crippen LogP contribution in [0.2, 0.25) is 0 Å². The Balaban J connectivity index is 1.61. The van der Waals surface area contributed by atoms with Gasteiger partial charge in [0.05, 0.1) is 13.0 Å². The number of ether oxygens (including phenoxy) is 1. The van der Waals surface area contributed by atoms with Crippen LogP contribution in [-0.4, -0.2) is 25.5 Å². The van der Waals surface area contributed by atoms with E-state index in [2.05, 4.69) is 5.32 Å². The molecule has 0 radical (unpaired) electrons. The van der Waals surface area contributed by atoms with E-state index >= 15 is 0 Å². The number of halogens is 2. The summed E-state index contributed by atoms with van der Waals surface area (Å²) in [6, 6.07) is 10.2. The van der Waals surface area contributed by atoms with E-state index in [1.165, 1.54) is 6.07 Å². The third kappa shape index (κ3) is 3.82. The van der Waals surface area contributed by atoms with E-state index in [-0.39, 0.29) is 36.9 Å². The normalized spacial score (nSPS) is 16.7. The first-order chi connectivity index (χ1) is 12.5. The fourth-order valence-corrected chi connectivity index (χ4v) is 2.89. The summed E-state index contributed by atoms with van der Waals surface area (Å²) < 4.78 is 31.6. The molecule has 1 N–H and O–H groups in total. The van der Waals surface area contributed by atoms with Gasteiger partial charge in [-0.1, -0.05) is 6.07 Å². The highest BCUT2D eigenvalue weighted by molar-refractivity contribution is 6.00. The first-order valence-electron chi connectivity index (χ1n) is 8.14. The van der Waals surface area contributed by atoms with Gasteiger partial charge in [0.1, 0.15) is 17.4 Å². The molecule has 26 heavy (non-hydrogen) atoms. The molecule has 1 saturated heterocycles. The number of hydrogen-bond donors (Lipinski definition) is 1. The largest absolute Gasteiger partial charge is 0.497 e. The maximum Gasteiger partial charge on any atom is 0.227 e. The molecule has 0 bridgehead atoms. The SMILES string of the molecule is COc1ccc(N2C[C@H](C(=O)NCc3ccc(F)cc3F)CC2=O)cc1. The molecule has 1 aliphatic heterocycles. The molecule has 0 saturated carbocycles. The Labute approximate surface area is 149 Å². The molecular weight excluding hydrogens is 342 g/mol. The molecule has 136 valence electrons. The van der Waals surface area contributed by atoms with Crippen molar-refractivity contribution in [3.8, 4) is 5.75 Å². The Hall–Kier alpha value is -2.96. The second-order valence-corrected chi connectivity index (χ2v) is 6.06. The van der Waals surface area contributed by atoms with Gasteiger partial charge in [-0.2, -0.15) is 0 Å². The van der Waals surface area contributed by atoms with Crippen LogP contribution in [0.15, 0.2) is 42.5 Å². The van der Waals surface area contributed by atoms with Gasteiger partial charge in [-0.15, -0.1) is 0 Å². The van der Waals surface area contributed by atoms with E-state index in [0.29, 0.717) is 11.4 Å². The lowest BCUT2D eigenvalue weighted by Gasteiger charge is -2.17. The Bertz CT molecular complexity index is 824. The molecule has 2 aromatic carbocycles. The van der Waals surface area contributed by atoms with Crippen LogP contribution in [0.4, 0.5) is 14.5 Å². The first-order valence-corrected chi connectivity index (χ1v) is 8.14. The summed E-state index contributed by atoms with van der Waals surface area (Å²) in [7, 11) is 1.56. The zero-order valence-corrected chi connectivity index (χ0v) is 14.2. The zero-order chi connectivity index (χ0) is 18.7. The Morgan fingerprint density at radius 3 is 2.62 bits per heavy atom. The van der Waals surface area contributed by atoms with Crippen LogP contribution < -0.4 is 15.0 Å². The van der Waals surface area contributed by atoms with Crippen molar-refractivity contribution in [2.75, 3.05) is 18.6 Å². The maximum atomic E-state index is 13.6. The monoisotopic (exact) mass is 360 g/mol. The highest BCUT2D eigenvalue weighted by Gasteiger charge is 2.35. The average Bonchev–Trinajstić information content (AvgIpc) is 3.02. The number of benzene rings is 2. The molecule has 7 heteroatoms. The number of rotatable bonds is 5. The predicted molar refractivity (Wildman–Crippen MR) is 91.7 cm³/mol. The topological polar surface area (TPSA) is 58.6 Å². The highest BCUT2D eigenvalue weighted by Crippen LogP contribution is 2.27. The van der Waals surface area contributed by atoms with Crippen LogP contribution in [0.3, 0.4) is 0 Å². The molecule has 2 amide bonds. The molecule has 1 atom stereocenters. The van der Waals surface area contributed by atoms with E-state index in [4.69, 9.17) is 4.74 Å². The van der Waals surface area contributed by atoms with Crippen LogP contribution in [0.25, 0.3) is 0 Å². The first kappa shape index (κ1) is 17.8. The molecule has 2 aromatic rings. The van der Waals surface area contributed by atoms with Crippen molar-refractivity contribution in [1.29, 1.82) is 0 Å². The number of anilines is 1. The molecule has 0 unspecified atom stereocenters. The number of hydrogen-bond acceptors (Lipinski definition) is 3. The van der Waals surface area contributed by atoms with Crippen molar-refractivity contribution < 1.29 is 23.1 Å². The molecule has 1 aliphatic rings. The van der Waals surface area contributed by atoms with Gasteiger partial charge in [0, 0.05) is 36.8 Å². The Morgan fingerprint density at radius 1 is 1.23 bits per heavy atom. The number of methoxy groups -OCH3 is 1. The fourth-order valence-electron chi connectivity index (χ4n) is 2.89. The minimum Gasteiger partial charge on any atom is -0.497 e. The van der Waals surface area contributed by atoms with Crippen LogP contribution in [0.1, 0.15) is 12.0 Å². The van der Waals surface area contributed by atoms with Crippen LogP contribution in [0, 0.1) is 17.6 Å². The fraction of sp³-hybridized carbons (Fsp3) is 0.263. The third-order valence-corrected chi connectivity index (χ3v) is 4.35. The van der Waals surface area contributed by atoms with E-state index < -0.39 is 17.6 Å². The van der Waals surface area contributed by atoms with E-state index in [1.807, 2.05) is 0 Å². The predicted octanol–water partition coefficient (Wildman–Crippen LogP) is 2.64. The van der Waals surface area contributed by atoms with E-state index in [0.717, 1.165) is 12.1 Å². The lowest BCUT2D eigenvalue weighted by Crippen LogP contribution is -2.32. The summed E-state index contributed by atoms with van der Waals surface area (Å²) in [6.07, 6.45) is 0.0871. The lowest BCUT2D eigenvalue weighted by molar-refractivity contribution is -0.126. The number of nitrogens with one attached hydrogen (secondary N) is 1. The van der Waals surface area contributed by atoms with Crippen molar-refractivity contribution in [2.24, 2.45) is 5.92 Å². The van der Waals surface area contributed by atoms with Gasteiger partial charge in [-0.05, 0) is 30.3 Å². The molecule has 1 fully saturated rings. The van der Waals surface area contributed by atoms with E-state index in [1.54, 1.807) is 36.3 Å². The number of carbonyl (C=O) groups excluding carboxylic acids is 2. The van der Waals surface area contributed by atoms with E-state index in [9.17, 15) is 18.4 Å². The summed E-state index contributed by atoms with van der Waals surface area (Å²) in [4.78, 5) is 26.1. The van der Waals surface area contributed by atoms with Crippen LogP contribution in [0.5, 0.6) is 5.75 Å². The second-order valence-electron chi connectivity index (χ2n) is 6.06. The maximum absolute atomic E-state index is 13.6. The van der Waals surface area contributed by atoms with Crippen LogP contribution >= 0.6 is 0 Å². The summed E-state index contributed by atoms with van der Waals surface area (Å²) >= 11 is 0. The lowest BCUT2D eigenvalue weighted by atomic mass is 10.1. The second kappa shape index (κ2) is 7.51.